The number of fused-ring (bicyclic) bond motifs is 1. The molecule has 3 amide bonds. The molecule has 38 heavy (non-hydrogen) atoms. The van der Waals surface area contributed by atoms with Crippen molar-refractivity contribution in [3.63, 3.8) is 0 Å². The Morgan fingerprint density at radius 1 is 1.03 bits per heavy atom. The predicted molar refractivity (Wildman–Crippen MR) is 147 cm³/mol. The van der Waals surface area contributed by atoms with Gasteiger partial charge in [-0.2, -0.15) is 0 Å². The van der Waals surface area contributed by atoms with Crippen LogP contribution in [-0.4, -0.2) is 36.9 Å². The second-order valence-corrected chi connectivity index (χ2v) is 9.21. The molecule has 1 aliphatic rings. The number of anilines is 1. The van der Waals surface area contributed by atoms with Crippen molar-refractivity contribution >= 4 is 35.8 Å². The zero-order valence-corrected chi connectivity index (χ0v) is 22.3. The lowest BCUT2D eigenvalue weighted by Gasteiger charge is -2.30. The van der Waals surface area contributed by atoms with Gasteiger partial charge in [-0.05, 0) is 61.3 Å². The summed E-state index contributed by atoms with van der Waals surface area (Å²) in [6.45, 7) is 3.69. The van der Waals surface area contributed by atoms with Crippen LogP contribution in [0.1, 0.15) is 35.2 Å². The van der Waals surface area contributed by atoms with E-state index in [1.807, 2.05) is 31.2 Å². The van der Waals surface area contributed by atoms with Gasteiger partial charge >= 0.3 is 0 Å². The average molecular weight is 539 g/mol. The third kappa shape index (κ3) is 6.20. The Balaban J connectivity index is 0.00000400. The van der Waals surface area contributed by atoms with Crippen molar-refractivity contribution in [3.8, 4) is 0 Å². The highest BCUT2D eigenvalue weighted by Crippen LogP contribution is 2.34. The predicted octanol–water partition coefficient (Wildman–Crippen LogP) is 3.60. The van der Waals surface area contributed by atoms with Crippen molar-refractivity contribution in [2.45, 2.75) is 44.9 Å². The minimum absolute atomic E-state index is 0. The second-order valence-electron chi connectivity index (χ2n) is 9.21. The number of hydrogen-bond donors (Lipinski definition) is 3. The van der Waals surface area contributed by atoms with E-state index in [2.05, 4.69) is 16.0 Å². The monoisotopic (exact) mass is 538 g/mol. The summed E-state index contributed by atoms with van der Waals surface area (Å²) in [5.74, 6) is -1.47. The minimum Gasteiger partial charge on any atom is -0.350 e. The standard InChI is InChI=1S/C29H31FN4O3.ClH/c1-18-13-14-23(30)15-22(18)17-32-28(36)25-16-21-11-7-8-12-24(21)34(25)29(37)26(20-9-5-4-6-10-20)33-27(35)19(2)31-3;/h4-15,19,25-26,31H,16-17H2,1-3H3,(H,32,36)(H,33,35);1H. The summed E-state index contributed by atoms with van der Waals surface area (Å²) in [5, 5.41) is 8.62. The van der Waals surface area contributed by atoms with Crippen LogP contribution >= 0.6 is 12.4 Å². The van der Waals surface area contributed by atoms with Gasteiger partial charge in [0.25, 0.3) is 5.91 Å². The smallest absolute Gasteiger partial charge is 0.254 e. The maximum absolute atomic E-state index is 14.1. The molecular weight excluding hydrogens is 507 g/mol. The number of amides is 3. The van der Waals surface area contributed by atoms with Gasteiger partial charge in [0.15, 0.2) is 0 Å². The molecule has 3 aromatic rings. The lowest BCUT2D eigenvalue weighted by atomic mass is 10.0. The number of hydrogen-bond acceptors (Lipinski definition) is 4. The first kappa shape index (κ1) is 28.8. The number of carbonyl (C=O) groups excluding carboxylic acids is 3. The first-order valence-electron chi connectivity index (χ1n) is 12.3. The van der Waals surface area contributed by atoms with E-state index in [1.54, 1.807) is 50.4 Å². The van der Waals surface area contributed by atoms with E-state index in [-0.39, 0.29) is 36.6 Å². The van der Waals surface area contributed by atoms with Crippen molar-refractivity contribution < 1.29 is 18.8 Å². The van der Waals surface area contributed by atoms with Crippen LogP contribution in [0.3, 0.4) is 0 Å². The van der Waals surface area contributed by atoms with E-state index < -0.39 is 24.0 Å². The largest absolute Gasteiger partial charge is 0.350 e. The molecule has 3 aromatic carbocycles. The molecule has 0 saturated carbocycles. The van der Waals surface area contributed by atoms with Gasteiger partial charge < -0.3 is 16.0 Å². The highest BCUT2D eigenvalue weighted by Gasteiger charge is 2.41. The molecule has 0 aromatic heterocycles. The van der Waals surface area contributed by atoms with Gasteiger partial charge in [0.2, 0.25) is 11.8 Å². The summed E-state index contributed by atoms with van der Waals surface area (Å²) in [5.41, 5.74) is 3.63. The summed E-state index contributed by atoms with van der Waals surface area (Å²) in [7, 11) is 1.67. The summed E-state index contributed by atoms with van der Waals surface area (Å²) < 4.78 is 13.8. The summed E-state index contributed by atoms with van der Waals surface area (Å²) >= 11 is 0. The highest BCUT2D eigenvalue weighted by atomic mass is 35.5. The van der Waals surface area contributed by atoms with Gasteiger partial charge in [0, 0.05) is 18.7 Å². The van der Waals surface area contributed by atoms with Crippen LogP contribution in [0.25, 0.3) is 0 Å². The lowest BCUT2D eigenvalue weighted by molar-refractivity contribution is -0.130. The molecule has 4 rings (SSSR count). The van der Waals surface area contributed by atoms with Gasteiger partial charge in [-0.25, -0.2) is 4.39 Å². The molecular formula is C29H32ClFN4O3. The van der Waals surface area contributed by atoms with E-state index in [1.165, 1.54) is 17.0 Å². The molecule has 7 nitrogen and oxygen atoms in total. The number of carbonyl (C=O) groups is 3. The van der Waals surface area contributed by atoms with Crippen molar-refractivity contribution in [2.24, 2.45) is 0 Å². The molecule has 3 atom stereocenters. The van der Waals surface area contributed by atoms with E-state index in [9.17, 15) is 18.8 Å². The SMILES string of the molecule is CNC(C)C(=O)NC(C(=O)N1c2ccccc2CC1C(=O)NCc1cc(F)ccc1C)c1ccccc1.Cl. The molecule has 3 N–H and O–H groups in total. The number of nitrogens with one attached hydrogen (secondary N) is 3. The Kier molecular flexibility index (Phi) is 9.61. The van der Waals surface area contributed by atoms with Crippen LogP contribution in [0, 0.1) is 12.7 Å². The van der Waals surface area contributed by atoms with Crippen LogP contribution in [0.15, 0.2) is 72.8 Å². The third-order valence-corrected chi connectivity index (χ3v) is 6.77. The molecule has 0 saturated heterocycles. The summed E-state index contributed by atoms with van der Waals surface area (Å²) in [6.07, 6.45) is 0.332. The molecule has 0 radical (unpaired) electrons. The van der Waals surface area contributed by atoms with Crippen LogP contribution in [0.2, 0.25) is 0 Å². The van der Waals surface area contributed by atoms with E-state index in [4.69, 9.17) is 0 Å². The number of halogens is 2. The number of aryl methyl sites for hydroxylation is 1. The highest BCUT2D eigenvalue weighted by molar-refractivity contribution is 6.07. The number of benzene rings is 3. The fourth-order valence-corrected chi connectivity index (χ4v) is 4.47. The Morgan fingerprint density at radius 2 is 1.71 bits per heavy atom. The Labute approximate surface area is 228 Å². The fourth-order valence-electron chi connectivity index (χ4n) is 4.47. The van der Waals surface area contributed by atoms with Crippen LogP contribution in [-0.2, 0) is 27.3 Å². The van der Waals surface area contributed by atoms with Crippen LogP contribution < -0.4 is 20.9 Å². The third-order valence-electron chi connectivity index (χ3n) is 6.77. The Hall–Kier alpha value is -3.75. The van der Waals surface area contributed by atoms with Crippen molar-refractivity contribution in [2.75, 3.05) is 11.9 Å². The van der Waals surface area contributed by atoms with Crippen molar-refractivity contribution in [1.82, 2.24) is 16.0 Å². The van der Waals surface area contributed by atoms with Gasteiger partial charge in [-0.3, -0.25) is 19.3 Å². The van der Waals surface area contributed by atoms with Crippen molar-refractivity contribution in [1.29, 1.82) is 0 Å². The van der Waals surface area contributed by atoms with Gasteiger partial charge in [-0.15, -0.1) is 12.4 Å². The lowest BCUT2D eigenvalue weighted by Crippen LogP contribution is -2.53. The zero-order valence-electron chi connectivity index (χ0n) is 21.5. The molecule has 1 heterocycles. The minimum atomic E-state index is -0.989. The maximum atomic E-state index is 14.1. The topological polar surface area (TPSA) is 90.5 Å². The number of nitrogens with zero attached hydrogens (tertiary/aromatic N) is 1. The molecule has 1 aliphatic heterocycles. The summed E-state index contributed by atoms with van der Waals surface area (Å²) in [4.78, 5) is 41.8. The van der Waals surface area contributed by atoms with Crippen LogP contribution in [0.5, 0.6) is 0 Å². The van der Waals surface area contributed by atoms with Gasteiger partial charge in [0.05, 0.1) is 6.04 Å². The second kappa shape index (κ2) is 12.7. The Morgan fingerprint density at radius 3 is 2.42 bits per heavy atom. The molecule has 0 aliphatic carbocycles. The molecule has 200 valence electrons. The Bertz CT molecular complexity index is 1300. The zero-order chi connectivity index (χ0) is 26.5. The van der Waals surface area contributed by atoms with Crippen molar-refractivity contribution in [3.05, 3.63) is 101 Å². The fraction of sp³-hybridized carbons (Fsp3) is 0.276. The van der Waals surface area contributed by atoms with Gasteiger partial charge in [-0.1, -0.05) is 54.6 Å². The van der Waals surface area contributed by atoms with E-state index in [0.29, 0.717) is 23.2 Å². The molecule has 3 unspecified atom stereocenters. The molecule has 0 fully saturated rings. The molecule has 9 heteroatoms. The van der Waals surface area contributed by atoms with Gasteiger partial charge in [0.1, 0.15) is 17.9 Å². The first-order chi connectivity index (χ1) is 17.8. The first-order valence-corrected chi connectivity index (χ1v) is 12.3. The number of rotatable bonds is 8. The van der Waals surface area contributed by atoms with E-state index >= 15 is 0 Å². The van der Waals surface area contributed by atoms with E-state index in [0.717, 1.165) is 11.1 Å². The van der Waals surface area contributed by atoms with Crippen LogP contribution in [0.4, 0.5) is 10.1 Å². The molecule has 0 bridgehead atoms. The average Bonchev–Trinajstić information content (AvgIpc) is 3.31. The molecule has 0 spiro atoms. The number of para-hydroxylation sites is 1. The normalized spacial score (nSPS) is 15.6. The maximum Gasteiger partial charge on any atom is 0.254 e. The quantitative estimate of drug-likeness (QED) is 0.409. The number of likely N-dealkylation sites (N-methyl/N-ethyl adjacent to an activating group) is 1. The summed E-state index contributed by atoms with van der Waals surface area (Å²) in [6, 6.07) is 18.5.